The Morgan fingerprint density at radius 2 is 1.73 bits per heavy atom. The van der Waals surface area contributed by atoms with Crippen molar-refractivity contribution in [1.29, 1.82) is 0 Å². The minimum Gasteiger partial charge on any atom is -0.374 e. The molecule has 1 aliphatic heterocycles. The number of rotatable bonds is 5. The van der Waals surface area contributed by atoms with Crippen LogP contribution in [0.3, 0.4) is 0 Å². The second-order valence-electron chi connectivity index (χ2n) is 7.57. The Kier molecular flexibility index (Phi) is 5.91. The summed E-state index contributed by atoms with van der Waals surface area (Å²) < 4.78 is 41.9. The number of fused-ring (bicyclic) bond motifs is 1. The lowest BCUT2D eigenvalue weighted by atomic mass is 10.1. The number of carbonyl (C=O) groups is 1. The molecule has 10 heteroatoms. The van der Waals surface area contributed by atoms with Crippen LogP contribution in [0.2, 0.25) is 0 Å². The summed E-state index contributed by atoms with van der Waals surface area (Å²) in [6, 6.07) is 8.78. The molecule has 3 aromatic rings. The highest BCUT2D eigenvalue weighted by Crippen LogP contribution is 2.12. The predicted molar refractivity (Wildman–Crippen MR) is 115 cm³/mol. The van der Waals surface area contributed by atoms with Crippen LogP contribution < -0.4 is 21.9 Å². The number of nitrogens with zero attached hydrogens (tertiary/aromatic N) is 2. The second-order valence-corrected chi connectivity index (χ2v) is 7.57. The van der Waals surface area contributed by atoms with E-state index in [1.165, 1.54) is 29.0 Å². The van der Waals surface area contributed by atoms with Gasteiger partial charge in [-0.3, -0.25) is 18.7 Å². The monoisotopic (exact) mass is 456 g/mol. The lowest BCUT2D eigenvalue weighted by Crippen LogP contribution is -2.45. The fraction of sp³-hybridized carbons (Fsp3) is 0.174. The molecule has 1 amide bonds. The fourth-order valence-corrected chi connectivity index (χ4v) is 3.52. The van der Waals surface area contributed by atoms with Gasteiger partial charge in [0.1, 0.15) is 11.5 Å². The van der Waals surface area contributed by atoms with E-state index in [4.69, 9.17) is 0 Å². The molecule has 2 heterocycles. The molecule has 0 saturated carbocycles. The SMILES string of the molecule is Cc1c2n(c(=O)n(Cc3ccc(F)c(F)c3)c1=O)C=C(C(=O)NCc1ccc(F)cc1)NC2. The fourth-order valence-electron chi connectivity index (χ4n) is 3.52. The first-order valence-corrected chi connectivity index (χ1v) is 10.0. The minimum atomic E-state index is -1.08. The van der Waals surface area contributed by atoms with Crippen molar-refractivity contribution in [2.24, 2.45) is 0 Å². The maximum Gasteiger partial charge on any atom is 0.335 e. The molecule has 0 aliphatic carbocycles. The summed E-state index contributed by atoms with van der Waals surface area (Å²) in [7, 11) is 0. The molecule has 1 aliphatic rings. The van der Waals surface area contributed by atoms with Gasteiger partial charge in [-0.15, -0.1) is 0 Å². The zero-order valence-corrected chi connectivity index (χ0v) is 17.5. The van der Waals surface area contributed by atoms with E-state index in [1.54, 1.807) is 19.1 Å². The third-order valence-electron chi connectivity index (χ3n) is 5.37. The van der Waals surface area contributed by atoms with Gasteiger partial charge in [-0.25, -0.2) is 18.0 Å². The van der Waals surface area contributed by atoms with Gasteiger partial charge in [-0.2, -0.15) is 0 Å². The third-order valence-corrected chi connectivity index (χ3v) is 5.37. The summed E-state index contributed by atoms with van der Waals surface area (Å²) in [5.41, 5.74) is 0.432. The van der Waals surface area contributed by atoms with Crippen LogP contribution in [-0.2, 0) is 24.4 Å². The summed E-state index contributed by atoms with van der Waals surface area (Å²) in [5.74, 6) is -3.00. The molecule has 0 spiro atoms. The van der Waals surface area contributed by atoms with Crippen molar-refractivity contribution < 1.29 is 18.0 Å². The molecule has 0 saturated heterocycles. The quantitative estimate of drug-likeness (QED) is 0.615. The zero-order valence-electron chi connectivity index (χ0n) is 17.5. The minimum absolute atomic E-state index is 0.0676. The van der Waals surface area contributed by atoms with E-state index in [9.17, 15) is 27.6 Å². The van der Waals surface area contributed by atoms with Gasteiger partial charge in [0.05, 0.1) is 18.8 Å². The Labute approximate surface area is 185 Å². The molecule has 0 fully saturated rings. The molecule has 4 rings (SSSR count). The first kappa shape index (κ1) is 22.1. The lowest BCUT2D eigenvalue weighted by molar-refractivity contribution is -0.118. The van der Waals surface area contributed by atoms with Crippen molar-refractivity contribution in [3.8, 4) is 0 Å². The number of hydrogen-bond acceptors (Lipinski definition) is 4. The summed E-state index contributed by atoms with van der Waals surface area (Å²) in [6.07, 6.45) is 1.29. The topological polar surface area (TPSA) is 85.1 Å². The van der Waals surface area contributed by atoms with Crippen LogP contribution in [0, 0.1) is 24.4 Å². The van der Waals surface area contributed by atoms with Crippen molar-refractivity contribution in [3.63, 3.8) is 0 Å². The first-order valence-electron chi connectivity index (χ1n) is 10.0. The number of nitrogens with one attached hydrogen (secondary N) is 2. The maximum absolute atomic E-state index is 13.6. The van der Waals surface area contributed by atoms with E-state index in [0.717, 1.165) is 16.7 Å². The van der Waals surface area contributed by atoms with Gasteiger partial charge in [0.25, 0.3) is 11.5 Å². The van der Waals surface area contributed by atoms with Crippen molar-refractivity contribution in [2.45, 2.75) is 26.6 Å². The molecule has 2 N–H and O–H groups in total. The van der Waals surface area contributed by atoms with Gasteiger partial charge in [0.2, 0.25) is 0 Å². The molecule has 33 heavy (non-hydrogen) atoms. The highest BCUT2D eigenvalue weighted by molar-refractivity contribution is 5.95. The molecule has 1 aromatic heterocycles. The highest BCUT2D eigenvalue weighted by Gasteiger charge is 2.22. The molecular weight excluding hydrogens is 437 g/mol. The van der Waals surface area contributed by atoms with Crippen LogP contribution in [0.15, 0.2) is 57.8 Å². The number of benzene rings is 2. The van der Waals surface area contributed by atoms with E-state index in [2.05, 4.69) is 10.6 Å². The van der Waals surface area contributed by atoms with Gasteiger partial charge in [-0.1, -0.05) is 18.2 Å². The van der Waals surface area contributed by atoms with Gasteiger partial charge < -0.3 is 10.6 Å². The van der Waals surface area contributed by atoms with E-state index in [1.807, 2.05) is 0 Å². The van der Waals surface area contributed by atoms with Crippen LogP contribution in [0.25, 0.3) is 6.20 Å². The molecule has 0 unspecified atom stereocenters. The van der Waals surface area contributed by atoms with E-state index in [-0.39, 0.29) is 42.3 Å². The van der Waals surface area contributed by atoms with Gasteiger partial charge in [0.15, 0.2) is 11.6 Å². The average Bonchev–Trinajstić information content (AvgIpc) is 2.81. The largest absolute Gasteiger partial charge is 0.374 e. The summed E-state index contributed by atoms with van der Waals surface area (Å²) in [5, 5.41) is 5.57. The van der Waals surface area contributed by atoms with Gasteiger partial charge >= 0.3 is 5.69 Å². The van der Waals surface area contributed by atoms with Crippen LogP contribution in [0.4, 0.5) is 13.2 Å². The standard InChI is InChI=1S/C23H19F3N4O3/c1-13-20-10-27-19(21(31)28-9-14-2-5-16(24)6-3-14)12-29(20)23(33)30(22(13)32)11-15-4-7-17(25)18(26)8-15/h2-8,12,27H,9-11H2,1H3,(H,28,31). The summed E-state index contributed by atoms with van der Waals surface area (Å²) in [4.78, 5) is 38.4. The summed E-state index contributed by atoms with van der Waals surface area (Å²) in [6.45, 7) is 1.50. The predicted octanol–water partition coefficient (Wildman–Crippen LogP) is 2.00. The first-order chi connectivity index (χ1) is 15.7. The Hall–Kier alpha value is -4.08. The second kappa shape index (κ2) is 8.81. The number of amides is 1. The Morgan fingerprint density at radius 1 is 1.03 bits per heavy atom. The van der Waals surface area contributed by atoms with E-state index in [0.29, 0.717) is 11.3 Å². The zero-order chi connectivity index (χ0) is 23.7. The highest BCUT2D eigenvalue weighted by atomic mass is 19.2. The van der Waals surface area contributed by atoms with Crippen molar-refractivity contribution in [3.05, 3.63) is 109 Å². The molecule has 0 radical (unpaired) electrons. The molecule has 0 atom stereocenters. The normalized spacial score (nSPS) is 12.5. The van der Waals surface area contributed by atoms with Crippen molar-refractivity contribution in [1.82, 2.24) is 19.8 Å². The average molecular weight is 456 g/mol. The van der Waals surface area contributed by atoms with Crippen LogP contribution in [-0.4, -0.2) is 15.0 Å². The summed E-state index contributed by atoms with van der Waals surface area (Å²) >= 11 is 0. The number of carbonyl (C=O) groups excluding carboxylic acids is 1. The van der Waals surface area contributed by atoms with E-state index < -0.39 is 28.8 Å². The number of aromatic nitrogens is 2. The molecule has 7 nitrogen and oxygen atoms in total. The number of halogens is 3. The van der Waals surface area contributed by atoms with Gasteiger partial charge in [-0.05, 0) is 42.3 Å². The van der Waals surface area contributed by atoms with Gasteiger partial charge in [0, 0.05) is 18.3 Å². The molecule has 0 bridgehead atoms. The van der Waals surface area contributed by atoms with Crippen LogP contribution in [0.5, 0.6) is 0 Å². The Balaban J connectivity index is 1.63. The smallest absolute Gasteiger partial charge is 0.335 e. The lowest BCUT2D eigenvalue weighted by Gasteiger charge is -2.22. The van der Waals surface area contributed by atoms with Crippen LogP contribution >= 0.6 is 0 Å². The van der Waals surface area contributed by atoms with Crippen LogP contribution in [0.1, 0.15) is 22.4 Å². The molecule has 2 aromatic carbocycles. The Bertz CT molecular complexity index is 1390. The number of hydrogen-bond donors (Lipinski definition) is 2. The van der Waals surface area contributed by atoms with E-state index >= 15 is 0 Å². The molecule has 170 valence electrons. The van der Waals surface area contributed by atoms with Crippen molar-refractivity contribution >= 4 is 12.1 Å². The molecular formula is C23H19F3N4O3. The third kappa shape index (κ3) is 4.45. The Morgan fingerprint density at radius 3 is 2.42 bits per heavy atom. The maximum atomic E-state index is 13.6. The van der Waals surface area contributed by atoms with Crippen molar-refractivity contribution in [2.75, 3.05) is 0 Å².